The van der Waals surface area contributed by atoms with Crippen molar-refractivity contribution in [3.63, 3.8) is 0 Å². The number of hydrogen-bond acceptors (Lipinski definition) is 3. The molecule has 0 aliphatic carbocycles. The zero-order valence-corrected chi connectivity index (χ0v) is 9.37. The van der Waals surface area contributed by atoms with Crippen LogP contribution in [-0.2, 0) is 0 Å². The van der Waals surface area contributed by atoms with Crippen LogP contribution in [0.1, 0.15) is 30.9 Å². The van der Waals surface area contributed by atoms with Gasteiger partial charge < -0.3 is 9.84 Å². The molecule has 3 nitrogen and oxygen atoms in total. The van der Waals surface area contributed by atoms with Crippen LogP contribution in [0.15, 0.2) is 18.3 Å². The molecule has 96 valence electrons. The molecule has 0 saturated carbocycles. The van der Waals surface area contributed by atoms with Crippen LogP contribution in [0.4, 0.5) is 13.2 Å². The number of aliphatic hydroxyl groups is 1. The van der Waals surface area contributed by atoms with E-state index >= 15 is 0 Å². The van der Waals surface area contributed by atoms with Gasteiger partial charge in [0.15, 0.2) is 0 Å². The van der Waals surface area contributed by atoms with Crippen LogP contribution in [0, 0.1) is 0 Å². The third kappa shape index (κ3) is 4.60. The largest absolute Gasteiger partial charge is 0.481 e. The number of hydrogen-bond donors (Lipinski definition) is 1. The Morgan fingerprint density at radius 3 is 2.76 bits per heavy atom. The Morgan fingerprint density at radius 2 is 2.18 bits per heavy atom. The predicted molar refractivity (Wildman–Crippen MR) is 55.7 cm³/mol. The first-order valence-electron chi connectivity index (χ1n) is 5.18. The summed E-state index contributed by atoms with van der Waals surface area (Å²) in [5, 5.41) is 9.74. The Morgan fingerprint density at radius 1 is 1.47 bits per heavy atom. The van der Waals surface area contributed by atoms with Gasteiger partial charge in [0.25, 0.3) is 0 Å². The smallest absolute Gasteiger partial charge is 0.389 e. The van der Waals surface area contributed by atoms with Gasteiger partial charge in [-0.15, -0.1) is 0 Å². The molecule has 0 spiro atoms. The molecular weight excluding hydrogens is 235 g/mol. The highest BCUT2D eigenvalue weighted by atomic mass is 19.4. The van der Waals surface area contributed by atoms with Crippen LogP contribution in [0.3, 0.4) is 0 Å². The van der Waals surface area contributed by atoms with Crippen molar-refractivity contribution in [2.45, 2.75) is 31.5 Å². The summed E-state index contributed by atoms with van der Waals surface area (Å²) in [6.07, 6.45) is -4.67. The summed E-state index contributed by atoms with van der Waals surface area (Å²) in [7, 11) is 1.40. The maximum absolute atomic E-state index is 11.9. The quantitative estimate of drug-likeness (QED) is 0.872. The lowest BCUT2D eigenvalue weighted by Gasteiger charge is -2.14. The van der Waals surface area contributed by atoms with Gasteiger partial charge in [-0.2, -0.15) is 13.2 Å². The number of methoxy groups -OCH3 is 1. The number of nitrogens with zero attached hydrogens (tertiary/aromatic N) is 1. The van der Waals surface area contributed by atoms with E-state index in [2.05, 4.69) is 4.98 Å². The molecule has 1 heterocycles. The third-order valence-corrected chi connectivity index (χ3v) is 2.29. The lowest BCUT2D eigenvalue weighted by atomic mass is 10.1. The summed E-state index contributed by atoms with van der Waals surface area (Å²) in [6, 6.07) is 3.19. The molecular formula is C11H14F3NO2. The van der Waals surface area contributed by atoms with Crippen molar-refractivity contribution < 1.29 is 23.0 Å². The fraction of sp³-hybridized carbons (Fsp3) is 0.545. The molecule has 1 aromatic heterocycles. The molecule has 1 unspecified atom stereocenters. The number of ether oxygens (including phenoxy) is 1. The molecule has 0 aliphatic heterocycles. The average Bonchev–Trinajstić information content (AvgIpc) is 2.27. The molecule has 17 heavy (non-hydrogen) atoms. The highest BCUT2D eigenvalue weighted by Gasteiger charge is 2.27. The van der Waals surface area contributed by atoms with Gasteiger partial charge in [-0.05, 0) is 25.0 Å². The Kier molecular flexibility index (Phi) is 4.74. The monoisotopic (exact) mass is 249 g/mol. The number of aromatic nitrogens is 1. The molecule has 0 aromatic carbocycles. The predicted octanol–water partition coefficient (Wildman–Crippen LogP) is 2.86. The van der Waals surface area contributed by atoms with Crippen LogP contribution >= 0.6 is 0 Å². The highest BCUT2D eigenvalue weighted by Crippen LogP contribution is 2.29. The van der Waals surface area contributed by atoms with Gasteiger partial charge in [0, 0.05) is 18.2 Å². The first-order chi connectivity index (χ1) is 7.94. The maximum atomic E-state index is 11.9. The summed E-state index contributed by atoms with van der Waals surface area (Å²) in [5.74, 6) is 0.243. The standard InChI is InChI=1S/C11H14F3NO2/c1-17-10-8(4-3-7-15-10)9(16)5-2-6-11(12,13)14/h3-4,7,9,16H,2,5-6H2,1H3. The van der Waals surface area contributed by atoms with E-state index in [1.54, 1.807) is 12.1 Å². The minimum Gasteiger partial charge on any atom is -0.481 e. The molecule has 1 atom stereocenters. The molecule has 0 bridgehead atoms. The van der Waals surface area contributed by atoms with E-state index in [-0.39, 0.29) is 18.7 Å². The number of aliphatic hydroxyl groups excluding tert-OH is 1. The zero-order chi connectivity index (χ0) is 12.9. The molecule has 0 fully saturated rings. The van der Waals surface area contributed by atoms with Crippen LogP contribution in [0.2, 0.25) is 0 Å². The Bertz CT molecular complexity index is 355. The van der Waals surface area contributed by atoms with Crippen LogP contribution in [-0.4, -0.2) is 23.4 Å². The van der Waals surface area contributed by atoms with E-state index in [0.29, 0.717) is 5.56 Å². The van der Waals surface area contributed by atoms with Crippen molar-refractivity contribution >= 4 is 0 Å². The molecule has 0 saturated heterocycles. The summed E-state index contributed by atoms with van der Waals surface area (Å²) < 4.78 is 40.7. The Balaban J connectivity index is 2.55. The van der Waals surface area contributed by atoms with E-state index in [9.17, 15) is 18.3 Å². The molecule has 1 N–H and O–H groups in total. The van der Waals surface area contributed by atoms with Crippen molar-refractivity contribution in [2.75, 3.05) is 7.11 Å². The lowest BCUT2D eigenvalue weighted by Crippen LogP contribution is -2.08. The minimum absolute atomic E-state index is 0.0293. The Hall–Kier alpha value is -1.30. The minimum atomic E-state index is -4.18. The highest BCUT2D eigenvalue weighted by molar-refractivity contribution is 5.27. The second-order valence-corrected chi connectivity index (χ2v) is 3.63. The van der Waals surface area contributed by atoms with Gasteiger partial charge in [-0.1, -0.05) is 0 Å². The molecule has 0 radical (unpaired) electrons. The molecule has 0 amide bonds. The summed E-state index contributed by atoms with van der Waals surface area (Å²) in [5.41, 5.74) is 0.414. The molecule has 1 rings (SSSR count). The number of alkyl halides is 3. The average molecular weight is 249 g/mol. The van der Waals surface area contributed by atoms with Crippen LogP contribution in [0.5, 0.6) is 5.88 Å². The van der Waals surface area contributed by atoms with Gasteiger partial charge in [-0.3, -0.25) is 0 Å². The van der Waals surface area contributed by atoms with E-state index in [1.165, 1.54) is 13.3 Å². The maximum Gasteiger partial charge on any atom is 0.389 e. The van der Waals surface area contributed by atoms with Gasteiger partial charge in [0.2, 0.25) is 5.88 Å². The number of pyridine rings is 1. The fourth-order valence-electron chi connectivity index (χ4n) is 1.48. The zero-order valence-electron chi connectivity index (χ0n) is 9.37. The normalized spacial score (nSPS) is 13.5. The van der Waals surface area contributed by atoms with Gasteiger partial charge >= 0.3 is 6.18 Å². The van der Waals surface area contributed by atoms with E-state index in [4.69, 9.17) is 4.74 Å². The van der Waals surface area contributed by atoms with Crippen LogP contribution in [0.25, 0.3) is 0 Å². The number of rotatable bonds is 5. The summed E-state index contributed by atoms with van der Waals surface area (Å²) in [6.45, 7) is 0. The number of halogens is 3. The van der Waals surface area contributed by atoms with Gasteiger partial charge in [0.1, 0.15) is 0 Å². The Labute approximate surface area is 97.2 Å². The molecule has 1 aromatic rings. The second-order valence-electron chi connectivity index (χ2n) is 3.63. The van der Waals surface area contributed by atoms with Crippen LogP contribution < -0.4 is 4.74 Å². The topological polar surface area (TPSA) is 42.4 Å². The van der Waals surface area contributed by atoms with Gasteiger partial charge in [0.05, 0.1) is 13.2 Å². The third-order valence-electron chi connectivity index (χ3n) is 2.29. The van der Waals surface area contributed by atoms with Crippen molar-refractivity contribution in [2.24, 2.45) is 0 Å². The first kappa shape index (κ1) is 13.8. The van der Waals surface area contributed by atoms with E-state index in [1.807, 2.05) is 0 Å². The van der Waals surface area contributed by atoms with Crippen molar-refractivity contribution in [3.05, 3.63) is 23.9 Å². The van der Waals surface area contributed by atoms with Gasteiger partial charge in [-0.25, -0.2) is 4.98 Å². The molecule has 0 aliphatic rings. The fourth-order valence-corrected chi connectivity index (χ4v) is 1.48. The van der Waals surface area contributed by atoms with E-state index in [0.717, 1.165) is 0 Å². The van der Waals surface area contributed by atoms with E-state index < -0.39 is 18.7 Å². The van der Waals surface area contributed by atoms with Crippen molar-refractivity contribution in [3.8, 4) is 5.88 Å². The second kappa shape index (κ2) is 5.86. The SMILES string of the molecule is COc1ncccc1C(O)CCCC(F)(F)F. The first-order valence-corrected chi connectivity index (χ1v) is 5.18. The van der Waals surface area contributed by atoms with Crippen molar-refractivity contribution in [1.82, 2.24) is 4.98 Å². The van der Waals surface area contributed by atoms with Crippen molar-refractivity contribution in [1.29, 1.82) is 0 Å². The lowest BCUT2D eigenvalue weighted by molar-refractivity contribution is -0.136. The molecule has 6 heteroatoms. The summed E-state index contributed by atoms with van der Waals surface area (Å²) >= 11 is 0. The summed E-state index contributed by atoms with van der Waals surface area (Å²) in [4.78, 5) is 3.87.